The van der Waals surface area contributed by atoms with Crippen molar-refractivity contribution in [2.45, 2.75) is 4.90 Å². The highest BCUT2D eigenvalue weighted by atomic mass is 79.9. The van der Waals surface area contributed by atoms with E-state index in [9.17, 15) is 9.59 Å². The van der Waals surface area contributed by atoms with Gasteiger partial charge in [0.2, 0.25) is 5.91 Å². The van der Waals surface area contributed by atoms with Gasteiger partial charge < -0.3 is 15.1 Å². The number of benzene rings is 3. The van der Waals surface area contributed by atoms with E-state index in [1.165, 1.54) is 11.8 Å². The van der Waals surface area contributed by atoms with Crippen LogP contribution in [0.1, 0.15) is 10.4 Å². The van der Waals surface area contributed by atoms with Crippen molar-refractivity contribution >= 4 is 61.8 Å². The largest absolute Gasteiger partial charge is 0.368 e. The first-order valence-corrected chi connectivity index (χ1v) is 13.5. The van der Waals surface area contributed by atoms with Crippen molar-refractivity contribution < 1.29 is 9.59 Å². The first-order valence-electron chi connectivity index (χ1n) is 11.7. The minimum atomic E-state index is -0.0549. The van der Waals surface area contributed by atoms with Crippen LogP contribution in [0.3, 0.4) is 0 Å². The van der Waals surface area contributed by atoms with E-state index < -0.39 is 0 Å². The lowest BCUT2D eigenvalue weighted by Crippen LogP contribution is -2.48. The van der Waals surface area contributed by atoms with Crippen LogP contribution in [0.2, 0.25) is 0 Å². The number of carbonyl (C=O) groups is 2. The van der Waals surface area contributed by atoms with Crippen LogP contribution in [0.25, 0.3) is 10.9 Å². The van der Waals surface area contributed by atoms with Crippen molar-refractivity contribution in [3.63, 3.8) is 0 Å². The monoisotopic (exact) mass is 560 g/mol. The summed E-state index contributed by atoms with van der Waals surface area (Å²) in [4.78, 5) is 34.9. The summed E-state index contributed by atoms with van der Waals surface area (Å²) in [5.41, 5.74) is 3.48. The van der Waals surface area contributed by atoms with Gasteiger partial charge in [0.05, 0.1) is 11.3 Å². The Bertz CT molecular complexity index is 1370. The zero-order chi connectivity index (χ0) is 24.9. The van der Waals surface area contributed by atoms with Gasteiger partial charge in [-0.1, -0.05) is 34.1 Å². The molecule has 0 saturated carbocycles. The fourth-order valence-electron chi connectivity index (χ4n) is 4.23. The number of aromatic nitrogens is 1. The van der Waals surface area contributed by atoms with Crippen LogP contribution in [-0.4, -0.2) is 53.6 Å². The van der Waals surface area contributed by atoms with Gasteiger partial charge >= 0.3 is 0 Å². The van der Waals surface area contributed by atoms with Gasteiger partial charge in [-0.2, -0.15) is 0 Å². The molecular formula is C28H25BrN4O2S. The van der Waals surface area contributed by atoms with Gasteiger partial charge in [-0.3, -0.25) is 14.6 Å². The van der Waals surface area contributed by atoms with Gasteiger partial charge in [0.25, 0.3) is 5.91 Å². The van der Waals surface area contributed by atoms with Crippen LogP contribution < -0.4 is 10.2 Å². The number of piperazine rings is 1. The van der Waals surface area contributed by atoms with Crippen molar-refractivity contribution in [3.05, 3.63) is 95.1 Å². The molecule has 1 fully saturated rings. The molecule has 2 amide bonds. The standard InChI is InChI=1S/C28H25BrN4O2S/c29-22-8-6-21(7-9-22)28(35)33-17-15-32(16-18-33)24-12-10-23(11-13-24)31-26(34)19-36-25-5-1-3-20-4-2-14-30-27(20)25/h1-14H,15-19H2,(H,31,34). The van der Waals surface area contributed by atoms with E-state index in [1.807, 2.05) is 83.8 Å². The molecule has 0 spiro atoms. The predicted molar refractivity (Wildman–Crippen MR) is 150 cm³/mol. The van der Waals surface area contributed by atoms with Gasteiger partial charge in [-0.05, 0) is 60.7 Å². The molecule has 6 nitrogen and oxygen atoms in total. The first kappa shape index (κ1) is 24.3. The number of thioether (sulfide) groups is 1. The van der Waals surface area contributed by atoms with Crippen molar-refractivity contribution in [1.82, 2.24) is 9.88 Å². The zero-order valence-electron chi connectivity index (χ0n) is 19.6. The molecule has 1 saturated heterocycles. The minimum Gasteiger partial charge on any atom is -0.368 e. The molecule has 5 rings (SSSR count). The molecule has 1 aromatic heterocycles. The molecule has 1 aliphatic heterocycles. The second-order valence-electron chi connectivity index (χ2n) is 8.50. The lowest BCUT2D eigenvalue weighted by molar-refractivity contribution is -0.113. The Morgan fingerprint density at radius 1 is 0.889 bits per heavy atom. The molecule has 0 radical (unpaired) electrons. The Morgan fingerprint density at radius 3 is 2.36 bits per heavy atom. The summed E-state index contributed by atoms with van der Waals surface area (Å²) in [6.07, 6.45) is 1.77. The van der Waals surface area contributed by atoms with Crippen LogP contribution in [0.4, 0.5) is 11.4 Å². The van der Waals surface area contributed by atoms with Crippen LogP contribution in [0.15, 0.2) is 94.4 Å². The SMILES string of the molecule is O=C(CSc1cccc2cccnc12)Nc1ccc(N2CCN(C(=O)c3ccc(Br)cc3)CC2)cc1. The number of para-hydroxylation sites is 1. The predicted octanol–water partition coefficient (Wildman–Crippen LogP) is 5.69. The zero-order valence-corrected chi connectivity index (χ0v) is 22.0. The molecule has 36 heavy (non-hydrogen) atoms. The maximum absolute atomic E-state index is 12.8. The van der Waals surface area contributed by atoms with E-state index in [0.29, 0.717) is 24.4 Å². The third kappa shape index (κ3) is 5.71. The third-order valence-corrected chi connectivity index (χ3v) is 7.70. The number of nitrogens with one attached hydrogen (secondary N) is 1. The highest BCUT2D eigenvalue weighted by molar-refractivity contribution is 9.10. The quantitative estimate of drug-likeness (QED) is 0.307. The number of amides is 2. The fourth-order valence-corrected chi connectivity index (χ4v) is 5.34. The van der Waals surface area contributed by atoms with Crippen molar-refractivity contribution in [3.8, 4) is 0 Å². The number of anilines is 2. The molecule has 0 aliphatic carbocycles. The second-order valence-corrected chi connectivity index (χ2v) is 10.4. The molecule has 0 atom stereocenters. The number of halogens is 1. The maximum Gasteiger partial charge on any atom is 0.253 e. The fraction of sp³-hybridized carbons (Fsp3) is 0.179. The van der Waals surface area contributed by atoms with Crippen LogP contribution in [0.5, 0.6) is 0 Å². The third-order valence-electron chi connectivity index (χ3n) is 6.13. The Morgan fingerprint density at radius 2 is 1.61 bits per heavy atom. The summed E-state index contributed by atoms with van der Waals surface area (Å²) in [5.74, 6) is 0.323. The number of fused-ring (bicyclic) bond motifs is 1. The van der Waals surface area contributed by atoms with E-state index in [4.69, 9.17) is 0 Å². The van der Waals surface area contributed by atoms with Crippen LogP contribution >= 0.6 is 27.7 Å². The number of rotatable bonds is 6. The number of nitrogens with zero attached hydrogens (tertiary/aromatic N) is 3. The second kappa shape index (κ2) is 11.1. The van der Waals surface area contributed by atoms with Crippen molar-refractivity contribution in [2.24, 2.45) is 0 Å². The highest BCUT2D eigenvalue weighted by Gasteiger charge is 2.22. The molecule has 182 valence electrons. The highest BCUT2D eigenvalue weighted by Crippen LogP contribution is 2.26. The van der Waals surface area contributed by atoms with Gasteiger partial charge in [-0.15, -0.1) is 11.8 Å². The van der Waals surface area contributed by atoms with Crippen LogP contribution in [-0.2, 0) is 4.79 Å². The molecular weight excluding hydrogens is 536 g/mol. The van der Waals surface area contributed by atoms with Gasteiger partial charge in [0.15, 0.2) is 0 Å². The Hall–Kier alpha value is -3.36. The van der Waals surface area contributed by atoms with E-state index in [0.717, 1.165) is 44.7 Å². The summed E-state index contributed by atoms with van der Waals surface area (Å²) in [6, 6.07) is 25.3. The average molecular weight is 562 g/mol. The van der Waals surface area contributed by atoms with E-state index in [1.54, 1.807) is 6.20 Å². The number of hydrogen-bond acceptors (Lipinski definition) is 5. The molecule has 0 bridgehead atoms. The molecule has 0 unspecified atom stereocenters. The lowest BCUT2D eigenvalue weighted by atomic mass is 10.1. The summed E-state index contributed by atoms with van der Waals surface area (Å²) in [5, 5.41) is 4.05. The van der Waals surface area contributed by atoms with Crippen LogP contribution in [0, 0.1) is 0 Å². The molecule has 4 aromatic rings. The van der Waals surface area contributed by atoms with E-state index in [2.05, 4.69) is 31.1 Å². The topological polar surface area (TPSA) is 65.5 Å². The first-order chi connectivity index (χ1) is 17.6. The number of pyridine rings is 1. The summed E-state index contributed by atoms with van der Waals surface area (Å²) in [7, 11) is 0. The summed E-state index contributed by atoms with van der Waals surface area (Å²) in [6.45, 7) is 2.88. The Kier molecular flexibility index (Phi) is 7.53. The van der Waals surface area contributed by atoms with Crippen molar-refractivity contribution in [1.29, 1.82) is 0 Å². The molecule has 3 aromatic carbocycles. The van der Waals surface area contributed by atoms with Crippen molar-refractivity contribution in [2.75, 3.05) is 42.1 Å². The molecule has 1 N–H and O–H groups in total. The molecule has 2 heterocycles. The van der Waals surface area contributed by atoms with Gasteiger partial charge in [0, 0.05) is 64.1 Å². The van der Waals surface area contributed by atoms with E-state index >= 15 is 0 Å². The summed E-state index contributed by atoms with van der Waals surface area (Å²) < 4.78 is 0.962. The maximum atomic E-state index is 12.8. The lowest BCUT2D eigenvalue weighted by Gasteiger charge is -2.36. The van der Waals surface area contributed by atoms with E-state index in [-0.39, 0.29) is 11.8 Å². The number of hydrogen-bond donors (Lipinski definition) is 1. The normalized spacial score (nSPS) is 13.6. The minimum absolute atomic E-state index is 0.0549. The number of carbonyl (C=O) groups excluding carboxylic acids is 2. The van der Waals surface area contributed by atoms with Gasteiger partial charge in [-0.25, -0.2) is 0 Å². The van der Waals surface area contributed by atoms with Gasteiger partial charge in [0.1, 0.15) is 0 Å². The molecule has 1 aliphatic rings. The Labute approximate surface area is 222 Å². The Balaban J connectivity index is 1.12. The smallest absolute Gasteiger partial charge is 0.253 e. The average Bonchev–Trinajstić information content (AvgIpc) is 2.92. The molecule has 8 heteroatoms. The summed E-state index contributed by atoms with van der Waals surface area (Å²) >= 11 is 4.90.